The normalized spacial score (nSPS) is 17.2. The molecular formula is C16H22N6O3. The monoisotopic (exact) mass is 346 g/mol. The fourth-order valence-electron chi connectivity index (χ4n) is 2.81. The van der Waals surface area contributed by atoms with Crippen molar-refractivity contribution in [2.45, 2.75) is 25.9 Å². The summed E-state index contributed by atoms with van der Waals surface area (Å²) in [4.78, 5) is 23.6. The molecule has 1 saturated heterocycles. The Morgan fingerprint density at radius 3 is 3.04 bits per heavy atom. The molecule has 0 bridgehead atoms. The number of piperidine rings is 1. The van der Waals surface area contributed by atoms with E-state index in [1.165, 1.54) is 7.05 Å². The summed E-state index contributed by atoms with van der Waals surface area (Å²) in [7, 11) is 1.53. The van der Waals surface area contributed by atoms with Crippen molar-refractivity contribution in [3.05, 3.63) is 35.5 Å². The van der Waals surface area contributed by atoms with Crippen LogP contribution in [-0.4, -0.2) is 46.9 Å². The van der Waals surface area contributed by atoms with Crippen LogP contribution in [0.4, 0.5) is 0 Å². The fourth-order valence-corrected chi connectivity index (χ4v) is 2.81. The van der Waals surface area contributed by atoms with Gasteiger partial charge in [0.25, 0.3) is 11.8 Å². The van der Waals surface area contributed by atoms with E-state index in [1.807, 2.05) is 0 Å². The minimum atomic E-state index is -0.328. The lowest BCUT2D eigenvalue weighted by Gasteiger charge is -2.22. The summed E-state index contributed by atoms with van der Waals surface area (Å²) >= 11 is 0. The van der Waals surface area contributed by atoms with Crippen LogP contribution in [0, 0.1) is 5.92 Å². The Hall–Kier alpha value is -2.68. The Kier molecular flexibility index (Phi) is 5.44. The molecule has 2 amide bonds. The van der Waals surface area contributed by atoms with Gasteiger partial charge >= 0.3 is 0 Å². The maximum atomic E-state index is 12.2. The Morgan fingerprint density at radius 2 is 2.28 bits per heavy atom. The molecule has 2 aromatic rings. The molecule has 3 heterocycles. The third-order valence-corrected chi connectivity index (χ3v) is 4.15. The van der Waals surface area contributed by atoms with Crippen molar-refractivity contribution >= 4 is 11.8 Å². The highest BCUT2D eigenvalue weighted by Gasteiger charge is 2.17. The number of rotatable bonds is 6. The maximum Gasteiger partial charge on any atom is 0.286 e. The smallest absolute Gasteiger partial charge is 0.286 e. The number of hydrogen-bond acceptors (Lipinski definition) is 6. The molecule has 3 N–H and O–H groups in total. The molecule has 25 heavy (non-hydrogen) atoms. The standard InChI is InChI=1S/C16H22N6O3/c1-17-16(24)14-5-4-12(25-14)8-19-15(23)13-10-22(21-20-13)9-11-3-2-6-18-7-11/h4-5,10-11,18H,2-3,6-9H2,1H3,(H,17,24)(H,19,23)/t11-/m0/s1. The summed E-state index contributed by atoms with van der Waals surface area (Å²) < 4.78 is 7.06. The number of aromatic nitrogens is 3. The van der Waals surface area contributed by atoms with E-state index in [-0.39, 0.29) is 29.8 Å². The van der Waals surface area contributed by atoms with Crippen LogP contribution in [-0.2, 0) is 13.1 Å². The van der Waals surface area contributed by atoms with Gasteiger partial charge in [0, 0.05) is 13.6 Å². The number of amides is 2. The number of carbonyl (C=O) groups excluding carboxylic acids is 2. The van der Waals surface area contributed by atoms with Gasteiger partial charge in [0.2, 0.25) is 0 Å². The van der Waals surface area contributed by atoms with Gasteiger partial charge in [-0.2, -0.15) is 0 Å². The summed E-state index contributed by atoms with van der Waals surface area (Å²) in [5, 5.41) is 16.5. The molecule has 2 aromatic heterocycles. The van der Waals surface area contributed by atoms with Crippen LogP contribution in [0.5, 0.6) is 0 Å². The molecule has 0 spiro atoms. The van der Waals surface area contributed by atoms with Crippen molar-refractivity contribution < 1.29 is 14.0 Å². The van der Waals surface area contributed by atoms with Crippen molar-refractivity contribution in [1.29, 1.82) is 0 Å². The van der Waals surface area contributed by atoms with Crippen molar-refractivity contribution in [2.24, 2.45) is 5.92 Å². The minimum Gasteiger partial charge on any atom is -0.454 e. The number of nitrogens with zero attached hydrogens (tertiary/aromatic N) is 3. The molecular weight excluding hydrogens is 324 g/mol. The molecule has 1 aliphatic rings. The summed E-state index contributed by atoms with van der Waals surface area (Å²) in [5.74, 6) is 0.577. The zero-order valence-electron chi connectivity index (χ0n) is 14.1. The van der Waals surface area contributed by atoms with E-state index >= 15 is 0 Å². The second-order valence-electron chi connectivity index (χ2n) is 6.07. The quantitative estimate of drug-likeness (QED) is 0.686. The average molecular weight is 346 g/mol. The number of nitrogens with one attached hydrogen (secondary N) is 3. The highest BCUT2D eigenvalue weighted by molar-refractivity contribution is 5.92. The van der Waals surface area contributed by atoms with Gasteiger partial charge in [-0.3, -0.25) is 14.3 Å². The van der Waals surface area contributed by atoms with Gasteiger partial charge in [-0.15, -0.1) is 5.10 Å². The van der Waals surface area contributed by atoms with E-state index in [9.17, 15) is 9.59 Å². The first-order valence-corrected chi connectivity index (χ1v) is 8.35. The number of hydrogen-bond donors (Lipinski definition) is 3. The van der Waals surface area contributed by atoms with Gasteiger partial charge in [-0.25, -0.2) is 0 Å². The molecule has 0 aliphatic carbocycles. The van der Waals surface area contributed by atoms with Crippen LogP contribution < -0.4 is 16.0 Å². The van der Waals surface area contributed by atoms with Gasteiger partial charge in [-0.05, 0) is 44.0 Å². The molecule has 1 fully saturated rings. The predicted molar refractivity (Wildman–Crippen MR) is 88.9 cm³/mol. The van der Waals surface area contributed by atoms with Crippen LogP contribution >= 0.6 is 0 Å². The first kappa shape index (κ1) is 17.2. The summed E-state index contributed by atoms with van der Waals surface area (Å²) in [6, 6.07) is 3.21. The molecule has 0 saturated carbocycles. The molecule has 1 atom stereocenters. The van der Waals surface area contributed by atoms with Crippen molar-refractivity contribution in [2.75, 3.05) is 20.1 Å². The van der Waals surface area contributed by atoms with E-state index in [1.54, 1.807) is 23.0 Å². The molecule has 0 aromatic carbocycles. The van der Waals surface area contributed by atoms with Gasteiger partial charge in [0.1, 0.15) is 5.76 Å². The van der Waals surface area contributed by atoms with Crippen LogP contribution in [0.15, 0.2) is 22.7 Å². The van der Waals surface area contributed by atoms with E-state index in [2.05, 4.69) is 26.3 Å². The van der Waals surface area contributed by atoms with Crippen LogP contribution in [0.25, 0.3) is 0 Å². The summed E-state index contributed by atoms with van der Waals surface area (Å²) in [5.41, 5.74) is 0.266. The van der Waals surface area contributed by atoms with E-state index in [0.717, 1.165) is 32.5 Å². The molecule has 0 unspecified atom stereocenters. The Balaban J connectivity index is 1.51. The second-order valence-corrected chi connectivity index (χ2v) is 6.07. The van der Waals surface area contributed by atoms with Crippen molar-refractivity contribution in [1.82, 2.24) is 30.9 Å². The first-order valence-electron chi connectivity index (χ1n) is 8.35. The lowest BCUT2D eigenvalue weighted by atomic mass is 10.00. The third-order valence-electron chi connectivity index (χ3n) is 4.15. The van der Waals surface area contributed by atoms with Crippen LogP contribution in [0.3, 0.4) is 0 Å². The molecule has 9 heteroatoms. The SMILES string of the molecule is CNC(=O)c1ccc(CNC(=O)c2cn(C[C@H]3CCCNC3)nn2)o1. The summed E-state index contributed by atoms with van der Waals surface area (Å²) in [6.07, 6.45) is 3.97. The van der Waals surface area contributed by atoms with Gasteiger partial charge in [-0.1, -0.05) is 5.21 Å². The number of carbonyl (C=O) groups is 2. The van der Waals surface area contributed by atoms with E-state index in [0.29, 0.717) is 11.7 Å². The van der Waals surface area contributed by atoms with E-state index in [4.69, 9.17) is 4.42 Å². The lowest BCUT2D eigenvalue weighted by molar-refractivity contribution is 0.0933. The highest BCUT2D eigenvalue weighted by Crippen LogP contribution is 2.12. The van der Waals surface area contributed by atoms with E-state index < -0.39 is 0 Å². The predicted octanol–water partition coefficient (Wildman–Crippen LogP) is 0.160. The highest BCUT2D eigenvalue weighted by atomic mass is 16.4. The maximum absolute atomic E-state index is 12.2. The Bertz CT molecular complexity index is 732. The minimum absolute atomic E-state index is 0.176. The largest absolute Gasteiger partial charge is 0.454 e. The topological polar surface area (TPSA) is 114 Å². The second kappa shape index (κ2) is 7.93. The van der Waals surface area contributed by atoms with Crippen molar-refractivity contribution in [3.8, 4) is 0 Å². The number of furan rings is 1. The third kappa shape index (κ3) is 4.44. The zero-order chi connectivity index (χ0) is 17.6. The zero-order valence-corrected chi connectivity index (χ0v) is 14.1. The molecule has 0 radical (unpaired) electrons. The van der Waals surface area contributed by atoms with Crippen molar-refractivity contribution in [3.63, 3.8) is 0 Å². The summed E-state index contributed by atoms with van der Waals surface area (Å²) in [6.45, 7) is 2.96. The molecule has 1 aliphatic heterocycles. The van der Waals surface area contributed by atoms with Crippen LogP contribution in [0.1, 0.15) is 39.6 Å². The van der Waals surface area contributed by atoms with Gasteiger partial charge in [0.15, 0.2) is 11.5 Å². The Morgan fingerprint density at radius 1 is 1.40 bits per heavy atom. The van der Waals surface area contributed by atoms with Gasteiger partial charge in [0.05, 0.1) is 12.7 Å². The van der Waals surface area contributed by atoms with Gasteiger partial charge < -0.3 is 20.4 Å². The molecule has 9 nitrogen and oxygen atoms in total. The Labute approximate surface area is 145 Å². The average Bonchev–Trinajstić information content (AvgIpc) is 3.29. The van der Waals surface area contributed by atoms with Crippen LogP contribution in [0.2, 0.25) is 0 Å². The molecule has 134 valence electrons. The lowest BCUT2D eigenvalue weighted by Crippen LogP contribution is -2.32. The molecule has 3 rings (SSSR count). The first-order chi connectivity index (χ1) is 12.2. The fraction of sp³-hybridized carbons (Fsp3) is 0.500.